The molecular weight excluding hydrogens is 899 g/mol. The molecule has 18 heteroatoms. The Kier molecular flexibility index (Phi) is 19.1. The summed E-state index contributed by atoms with van der Waals surface area (Å²) < 4.78 is 16.4. The average molecular weight is 964 g/mol. The lowest BCUT2D eigenvalue weighted by Gasteiger charge is -2.25. The fraction of sp³-hybridized carbons (Fsp3) is 0.404. The van der Waals surface area contributed by atoms with Crippen LogP contribution in [0, 0.1) is 11.8 Å². The number of phenols is 1. The minimum absolute atomic E-state index is 0.0532. The van der Waals surface area contributed by atoms with Gasteiger partial charge in [-0.1, -0.05) is 100.0 Å². The first kappa shape index (κ1) is 53.3. The van der Waals surface area contributed by atoms with Crippen LogP contribution in [0.15, 0.2) is 97.1 Å². The van der Waals surface area contributed by atoms with Gasteiger partial charge in [0.05, 0.1) is 0 Å². The summed E-state index contributed by atoms with van der Waals surface area (Å²) >= 11 is 0. The first-order valence-electron chi connectivity index (χ1n) is 23.4. The molecule has 0 heterocycles. The Balaban J connectivity index is 1.11. The number of hydrazine groups is 1. The molecule has 374 valence electrons. The normalized spacial score (nSPS) is 13.5. The van der Waals surface area contributed by atoms with E-state index in [-0.39, 0.29) is 50.1 Å². The first-order chi connectivity index (χ1) is 33.3. The number of nitrogens with two attached hydrogens (primary N) is 1. The number of phenolic OH excluding ortho intramolecular Hbond substituents is 1. The van der Waals surface area contributed by atoms with E-state index in [0.29, 0.717) is 30.5 Å². The average Bonchev–Trinajstić information content (AvgIpc) is 3.63. The van der Waals surface area contributed by atoms with Gasteiger partial charge in [0.25, 0.3) is 0 Å². The molecular formula is C52H65N7O11. The summed E-state index contributed by atoms with van der Waals surface area (Å²) in [6.07, 6.45) is -0.791. The molecule has 0 saturated heterocycles. The molecule has 4 unspecified atom stereocenters. The van der Waals surface area contributed by atoms with E-state index in [2.05, 4.69) is 32.1 Å². The number of ether oxygens (including phenoxy) is 3. The maximum atomic E-state index is 13.8. The highest BCUT2D eigenvalue weighted by Crippen LogP contribution is 2.44. The van der Waals surface area contributed by atoms with Crippen molar-refractivity contribution in [3.63, 3.8) is 0 Å². The van der Waals surface area contributed by atoms with Crippen LogP contribution in [0.25, 0.3) is 11.1 Å². The van der Waals surface area contributed by atoms with Crippen LogP contribution in [0.3, 0.4) is 0 Å². The number of aromatic hydroxyl groups is 1. The highest BCUT2D eigenvalue weighted by Gasteiger charge is 2.32. The van der Waals surface area contributed by atoms with E-state index in [9.17, 15) is 38.7 Å². The molecule has 9 N–H and O–H groups in total. The molecule has 5 rings (SSSR count). The number of nitrogens with one attached hydrogen (secondary N) is 6. The molecule has 0 saturated carbocycles. The number of alkyl carbamates (subject to hydrolysis) is 2. The number of rotatable bonds is 21. The number of amides is 7. The molecule has 0 spiro atoms. The zero-order valence-electron chi connectivity index (χ0n) is 40.5. The van der Waals surface area contributed by atoms with Crippen LogP contribution in [0.5, 0.6) is 5.75 Å². The van der Waals surface area contributed by atoms with E-state index in [1.165, 1.54) is 12.1 Å². The molecule has 18 nitrogen and oxygen atoms in total. The maximum absolute atomic E-state index is 13.8. The van der Waals surface area contributed by atoms with E-state index in [1.54, 1.807) is 77.9 Å². The molecule has 0 aliphatic heterocycles. The topological polar surface area (TPSA) is 266 Å². The number of fused-ring (bicyclic) bond motifs is 3. The lowest BCUT2D eigenvalue weighted by molar-refractivity contribution is -0.128. The SMILES string of the molecule is CC(CC(Cc1ccc(O)cc1)NC(=O)OC(C)(C)C)C(=O)NNC(=O)OCc1ccc(NC(=O)C(CCCCC(N)=O)NC(=O)C(NC(=O)OCC2c3ccccc3-c3ccccc32)C(C)C)cc1. The van der Waals surface area contributed by atoms with E-state index in [0.717, 1.165) is 27.8 Å². The molecule has 7 amide bonds. The second-order valence-electron chi connectivity index (χ2n) is 18.7. The van der Waals surface area contributed by atoms with Gasteiger partial charge in [0, 0.05) is 30.0 Å². The van der Waals surface area contributed by atoms with E-state index in [1.807, 2.05) is 48.5 Å². The summed E-state index contributed by atoms with van der Waals surface area (Å²) in [5.74, 6) is -3.31. The zero-order chi connectivity index (χ0) is 51.0. The van der Waals surface area contributed by atoms with Crippen molar-refractivity contribution in [2.75, 3.05) is 11.9 Å². The van der Waals surface area contributed by atoms with Crippen LogP contribution in [0.2, 0.25) is 0 Å². The highest BCUT2D eigenvalue weighted by atomic mass is 16.6. The van der Waals surface area contributed by atoms with Gasteiger partial charge >= 0.3 is 18.3 Å². The minimum atomic E-state index is -1.05. The van der Waals surface area contributed by atoms with Gasteiger partial charge in [-0.15, -0.1) is 0 Å². The van der Waals surface area contributed by atoms with Crippen LogP contribution in [-0.4, -0.2) is 77.3 Å². The monoisotopic (exact) mass is 963 g/mol. The van der Waals surface area contributed by atoms with Gasteiger partial charge in [-0.2, -0.15) is 0 Å². The molecule has 0 fully saturated rings. The fourth-order valence-electron chi connectivity index (χ4n) is 7.93. The molecule has 0 bridgehead atoms. The first-order valence-corrected chi connectivity index (χ1v) is 23.4. The number of anilines is 1. The van der Waals surface area contributed by atoms with Crippen LogP contribution >= 0.6 is 0 Å². The van der Waals surface area contributed by atoms with Crippen molar-refractivity contribution in [1.29, 1.82) is 0 Å². The van der Waals surface area contributed by atoms with E-state index < -0.39 is 71.6 Å². The largest absolute Gasteiger partial charge is 0.508 e. The van der Waals surface area contributed by atoms with Gasteiger partial charge in [0.2, 0.25) is 23.6 Å². The lowest BCUT2D eigenvalue weighted by Crippen LogP contribution is -2.54. The van der Waals surface area contributed by atoms with E-state index >= 15 is 0 Å². The summed E-state index contributed by atoms with van der Waals surface area (Å²) in [6.45, 7) is 10.2. The molecule has 4 atom stereocenters. The number of carbonyl (C=O) groups is 7. The standard InChI is InChI=1S/C52H65N7O11/c1-31(2)45(57-49(65)69-30-42-40-15-9-7-13-38(40)39-14-8-10-16-41(39)42)48(64)56-43(17-11-12-18-44(53)61)47(63)54-35-23-19-34(20-24-35)29-68-51(67)59-58-46(62)32(3)27-36(55-50(66)70-52(4,5)6)28-33-21-25-37(60)26-22-33/h7-10,13-16,19-26,31-32,36,42-43,45,60H,11-12,17-18,27-30H2,1-6H3,(H2,53,61)(H,54,63)(H,55,66)(H,56,64)(H,57,65)(H,58,62)(H,59,67). The number of unbranched alkanes of at least 4 members (excludes halogenated alkanes) is 1. The Labute approximate surface area is 408 Å². The van der Waals surface area contributed by atoms with Crippen molar-refractivity contribution < 1.29 is 52.9 Å². The van der Waals surface area contributed by atoms with Crippen molar-refractivity contribution in [2.24, 2.45) is 17.6 Å². The maximum Gasteiger partial charge on any atom is 0.426 e. The third kappa shape index (κ3) is 16.6. The number of hydrogen-bond donors (Lipinski definition) is 8. The van der Waals surface area contributed by atoms with Crippen LogP contribution in [-0.2, 0) is 46.4 Å². The molecule has 4 aromatic rings. The molecule has 4 aromatic carbocycles. The summed E-state index contributed by atoms with van der Waals surface area (Å²) in [5, 5.41) is 20.7. The Morgan fingerprint density at radius 3 is 1.89 bits per heavy atom. The molecule has 1 aliphatic carbocycles. The highest BCUT2D eigenvalue weighted by molar-refractivity contribution is 5.98. The van der Waals surface area contributed by atoms with Gasteiger partial charge < -0.3 is 46.3 Å². The predicted molar refractivity (Wildman–Crippen MR) is 262 cm³/mol. The Bertz CT molecular complexity index is 2410. The van der Waals surface area contributed by atoms with Crippen molar-refractivity contribution in [3.8, 4) is 16.9 Å². The third-order valence-electron chi connectivity index (χ3n) is 11.5. The van der Waals surface area contributed by atoms with Crippen LogP contribution < -0.4 is 37.9 Å². The molecule has 0 aromatic heterocycles. The number of benzene rings is 4. The van der Waals surface area contributed by atoms with Crippen LogP contribution in [0.4, 0.5) is 20.1 Å². The lowest BCUT2D eigenvalue weighted by atomic mass is 9.95. The van der Waals surface area contributed by atoms with Gasteiger partial charge in [0.15, 0.2) is 0 Å². The van der Waals surface area contributed by atoms with Crippen molar-refractivity contribution >= 4 is 47.6 Å². The summed E-state index contributed by atoms with van der Waals surface area (Å²) in [4.78, 5) is 90.2. The quantitative estimate of drug-likeness (QED) is 0.0243. The Hall–Kier alpha value is -7.63. The second-order valence-corrected chi connectivity index (χ2v) is 18.7. The minimum Gasteiger partial charge on any atom is -0.508 e. The number of carbonyl (C=O) groups excluding carboxylic acids is 7. The van der Waals surface area contributed by atoms with Gasteiger partial charge in [-0.25, -0.2) is 19.8 Å². The second kappa shape index (κ2) is 25.1. The van der Waals surface area contributed by atoms with Crippen molar-refractivity contribution in [1.82, 2.24) is 26.8 Å². The predicted octanol–water partition coefficient (Wildman–Crippen LogP) is 6.84. The van der Waals surface area contributed by atoms with Crippen molar-refractivity contribution in [2.45, 2.75) is 116 Å². The summed E-state index contributed by atoms with van der Waals surface area (Å²) in [7, 11) is 0. The number of hydrogen-bond acceptors (Lipinski definition) is 11. The van der Waals surface area contributed by atoms with Crippen molar-refractivity contribution in [3.05, 3.63) is 119 Å². The van der Waals surface area contributed by atoms with Gasteiger partial charge in [-0.05, 0) is 110 Å². The number of primary amides is 1. The van der Waals surface area contributed by atoms with Crippen LogP contribution in [0.1, 0.15) is 102 Å². The zero-order valence-corrected chi connectivity index (χ0v) is 40.5. The van der Waals surface area contributed by atoms with Gasteiger partial charge in [-0.3, -0.25) is 24.6 Å². The summed E-state index contributed by atoms with van der Waals surface area (Å²) in [5.41, 5.74) is 15.1. The Morgan fingerprint density at radius 1 is 0.671 bits per heavy atom. The molecule has 0 radical (unpaired) electrons. The van der Waals surface area contributed by atoms with E-state index in [4.69, 9.17) is 19.9 Å². The van der Waals surface area contributed by atoms with Gasteiger partial charge in [0.1, 0.15) is 36.6 Å². The third-order valence-corrected chi connectivity index (χ3v) is 11.5. The Morgan fingerprint density at radius 2 is 1.29 bits per heavy atom. The smallest absolute Gasteiger partial charge is 0.426 e. The molecule has 1 aliphatic rings. The molecule has 70 heavy (non-hydrogen) atoms. The fourth-order valence-corrected chi connectivity index (χ4v) is 7.93. The summed E-state index contributed by atoms with van der Waals surface area (Å²) in [6, 6.07) is 26.1.